The van der Waals surface area contributed by atoms with Gasteiger partial charge >= 0.3 is 5.97 Å². The molecule has 3 amide bonds. The number of carboxylic acid groups (broad SMARTS) is 1. The molecule has 0 aliphatic heterocycles. The highest BCUT2D eigenvalue weighted by atomic mass is 16.4. The van der Waals surface area contributed by atoms with Crippen molar-refractivity contribution in [2.45, 2.75) is 56.6 Å². The van der Waals surface area contributed by atoms with E-state index in [1.54, 1.807) is 18.3 Å². The van der Waals surface area contributed by atoms with E-state index in [0.717, 1.165) is 10.9 Å². The summed E-state index contributed by atoms with van der Waals surface area (Å²) in [5.41, 5.74) is 6.83. The first-order valence-corrected chi connectivity index (χ1v) is 10.9. The number of rotatable bonds is 12. The summed E-state index contributed by atoms with van der Waals surface area (Å²) >= 11 is 0. The largest absolute Gasteiger partial charge is 0.480 e. The van der Waals surface area contributed by atoms with Crippen LogP contribution < -0.4 is 21.7 Å². The number of aromatic amines is 1. The second-order valence-electron chi connectivity index (χ2n) is 8.21. The molecule has 6 unspecified atom stereocenters. The van der Waals surface area contributed by atoms with Gasteiger partial charge in [0.05, 0.1) is 18.8 Å². The number of benzene rings is 1. The van der Waals surface area contributed by atoms with Gasteiger partial charge in [0.2, 0.25) is 17.7 Å². The van der Waals surface area contributed by atoms with Crippen LogP contribution >= 0.6 is 0 Å². The van der Waals surface area contributed by atoms with E-state index in [2.05, 4.69) is 20.9 Å². The predicted octanol–water partition coefficient (Wildman–Crippen LogP) is -2.67. The van der Waals surface area contributed by atoms with E-state index in [1.807, 2.05) is 12.1 Å². The molecule has 0 aliphatic carbocycles. The fourth-order valence-electron chi connectivity index (χ4n) is 3.38. The SMILES string of the molecule is CC(O)C(NC(=O)C(N)CO)C(=O)NC(C(=O)NC(Cc1c[nH]c2ccccc12)C(=O)O)C(C)O. The van der Waals surface area contributed by atoms with Gasteiger partial charge in [0.25, 0.3) is 0 Å². The van der Waals surface area contributed by atoms with Gasteiger partial charge < -0.3 is 47.1 Å². The Morgan fingerprint density at radius 1 is 0.943 bits per heavy atom. The van der Waals surface area contributed by atoms with Crippen molar-refractivity contribution in [1.82, 2.24) is 20.9 Å². The lowest BCUT2D eigenvalue weighted by molar-refractivity contribution is -0.143. The lowest BCUT2D eigenvalue weighted by atomic mass is 10.0. The summed E-state index contributed by atoms with van der Waals surface area (Å²) in [7, 11) is 0. The Morgan fingerprint density at radius 3 is 2.03 bits per heavy atom. The number of carbonyl (C=O) groups is 4. The van der Waals surface area contributed by atoms with Crippen molar-refractivity contribution < 1.29 is 39.6 Å². The molecule has 2 rings (SSSR count). The van der Waals surface area contributed by atoms with E-state index in [-0.39, 0.29) is 6.42 Å². The Labute approximate surface area is 200 Å². The second-order valence-corrected chi connectivity index (χ2v) is 8.21. The minimum absolute atomic E-state index is 0.0725. The van der Waals surface area contributed by atoms with Gasteiger partial charge in [0.15, 0.2) is 0 Å². The molecule has 1 aromatic heterocycles. The zero-order chi connectivity index (χ0) is 26.3. The number of carboxylic acids is 1. The van der Waals surface area contributed by atoms with Gasteiger partial charge in [-0.2, -0.15) is 0 Å². The van der Waals surface area contributed by atoms with E-state index < -0.39 is 66.7 Å². The first-order chi connectivity index (χ1) is 16.5. The molecule has 0 spiro atoms. The van der Waals surface area contributed by atoms with Gasteiger partial charge in [-0.1, -0.05) is 18.2 Å². The fraction of sp³-hybridized carbons (Fsp3) is 0.455. The third-order valence-electron chi connectivity index (χ3n) is 5.37. The van der Waals surface area contributed by atoms with Crippen molar-refractivity contribution in [2.75, 3.05) is 6.61 Å². The molecule has 1 heterocycles. The topological polar surface area (TPSA) is 227 Å². The molecule has 13 heteroatoms. The zero-order valence-electron chi connectivity index (χ0n) is 19.3. The molecule has 0 saturated heterocycles. The summed E-state index contributed by atoms with van der Waals surface area (Å²) in [6, 6.07) is 1.33. The molecular formula is C22H31N5O8. The molecule has 0 radical (unpaired) electrons. The third kappa shape index (κ3) is 7.23. The van der Waals surface area contributed by atoms with E-state index in [1.165, 1.54) is 13.8 Å². The fourth-order valence-corrected chi connectivity index (χ4v) is 3.38. The van der Waals surface area contributed by atoms with E-state index in [9.17, 15) is 34.5 Å². The van der Waals surface area contributed by atoms with Crippen molar-refractivity contribution in [3.63, 3.8) is 0 Å². The van der Waals surface area contributed by atoms with Crippen LogP contribution in [0.1, 0.15) is 19.4 Å². The van der Waals surface area contributed by atoms with Crippen LogP contribution in [0.25, 0.3) is 10.9 Å². The number of amides is 3. The summed E-state index contributed by atoms with van der Waals surface area (Å²) < 4.78 is 0. The molecule has 35 heavy (non-hydrogen) atoms. The van der Waals surface area contributed by atoms with Crippen LogP contribution in [0.4, 0.5) is 0 Å². The molecule has 192 valence electrons. The van der Waals surface area contributed by atoms with Crippen LogP contribution in [0.5, 0.6) is 0 Å². The highest BCUT2D eigenvalue weighted by molar-refractivity contribution is 5.95. The molecule has 1 aromatic carbocycles. The molecule has 0 aliphatic rings. The van der Waals surface area contributed by atoms with Crippen LogP contribution in [0.15, 0.2) is 30.5 Å². The molecule has 0 fully saturated rings. The van der Waals surface area contributed by atoms with Crippen LogP contribution in [0.3, 0.4) is 0 Å². The minimum Gasteiger partial charge on any atom is -0.480 e. The number of hydrogen-bond donors (Lipinski definition) is 9. The molecule has 2 aromatic rings. The van der Waals surface area contributed by atoms with Crippen molar-refractivity contribution in [2.24, 2.45) is 5.73 Å². The van der Waals surface area contributed by atoms with Crippen LogP contribution in [0, 0.1) is 0 Å². The number of aromatic nitrogens is 1. The van der Waals surface area contributed by atoms with Gasteiger partial charge in [-0.3, -0.25) is 14.4 Å². The molecular weight excluding hydrogens is 462 g/mol. The summed E-state index contributed by atoms with van der Waals surface area (Å²) in [4.78, 5) is 52.3. The number of fused-ring (bicyclic) bond motifs is 1. The number of aliphatic hydroxyl groups excluding tert-OH is 3. The van der Waals surface area contributed by atoms with Gasteiger partial charge in [-0.15, -0.1) is 0 Å². The quantitative estimate of drug-likeness (QED) is 0.150. The number of aliphatic carboxylic acids is 1. The van der Waals surface area contributed by atoms with Crippen molar-refractivity contribution in [1.29, 1.82) is 0 Å². The molecule has 10 N–H and O–H groups in total. The predicted molar refractivity (Wildman–Crippen MR) is 124 cm³/mol. The first kappa shape index (κ1) is 27.7. The Hall–Kier alpha value is -3.52. The number of hydrogen-bond acceptors (Lipinski definition) is 8. The lowest BCUT2D eigenvalue weighted by Crippen LogP contribution is -2.62. The lowest BCUT2D eigenvalue weighted by Gasteiger charge is -2.27. The van der Waals surface area contributed by atoms with E-state index in [4.69, 9.17) is 10.8 Å². The van der Waals surface area contributed by atoms with E-state index in [0.29, 0.717) is 5.56 Å². The minimum atomic E-state index is -1.60. The summed E-state index contributed by atoms with van der Waals surface area (Å²) in [6.45, 7) is 1.71. The standard InChI is InChI=1S/C22H31N5O8/c1-10(29)17(27-21(33)18(11(2)30)26-19(31)14(23)9-28)20(32)25-16(22(34)35)7-12-8-24-15-6-4-3-5-13(12)15/h3-6,8,10-11,14,16-18,24,28-30H,7,9,23H2,1-2H3,(H,25,32)(H,26,31)(H,27,33)(H,34,35). The van der Waals surface area contributed by atoms with Crippen LogP contribution in [0.2, 0.25) is 0 Å². The second kappa shape index (κ2) is 12.3. The Balaban J connectivity index is 2.15. The maximum absolute atomic E-state index is 12.8. The molecule has 0 bridgehead atoms. The van der Waals surface area contributed by atoms with Gasteiger partial charge in [-0.25, -0.2) is 4.79 Å². The summed E-state index contributed by atoms with van der Waals surface area (Å²) in [5.74, 6) is -4.26. The van der Waals surface area contributed by atoms with Crippen LogP contribution in [-0.2, 0) is 25.6 Å². The highest BCUT2D eigenvalue weighted by Crippen LogP contribution is 2.19. The number of carbonyl (C=O) groups excluding carboxylic acids is 3. The van der Waals surface area contributed by atoms with Crippen molar-refractivity contribution in [3.05, 3.63) is 36.0 Å². The first-order valence-electron chi connectivity index (χ1n) is 10.9. The number of aliphatic hydroxyl groups is 3. The smallest absolute Gasteiger partial charge is 0.326 e. The highest BCUT2D eigenvalue weighted by Gasteiger charge is 2.34. The number of nitrogens with two attached hydrogens (primary N) is 1. The summed E-state index contributed by atoms with van der Waals surface area (Å²) in [5, 5.41) is 46.1. The Bertz CT molecular complexity index is 1050. The van der Waals surface area contributed by atoms with Gasteiger partial charge in [0, 0.05) is 23.5 Å². The number of nitrogens with one attached hydrogen (secondary N) is 4. The molecule has 0 saturated carbocycles. The average molecular weight is 494 g/mol. The normalized spacial score (nSPS) is 16.4. The average Bonchev–Trinajstić information content (AvgIpc) is 3.21. The maximum Gasteiger partial charge on any atom is 0.326 e. The zero-order valence-corrected chi connectivity index (χ0v) is 19.3. The van der Waals surface area contributed by atoms with Gasteiger partial charge in [0.1, 0.15) is 24.2 Å². The Morgan fingerprint density at radius 2 is 1.49 bits per heavy atom. The van der Waals surface area contributed by atoms with Crippen molar-refractivity contribution in [3.8, 4) is 0 Å². The molecule has 6 atom stereocenters. The van der Waals surface area contributed by atoms with Gasteiger partial charge in [-0.05, 0) is 25.5 Å². The summed E-state index contributed by atoms with van der Waals surface area (Å²) in [6.07, 6.45) is -1.31. The monoisotopic (exact) mass is 493 g/mol. The number of para-hydroxylation sites is 1. The molecule has 13 nitrogen and oxygen atoms in total. The maximum atomic E-state index is 12.8. The van der Waals surface area contributed by atoms with Crippen LogP contribution in [-0.4, -0.2) is 92.1 Å². The van der Waals surface area contributed by atoms with Crippen molar-refractivity contribution >= 4 is 34.6 Å². The van der Waals surface area contributed by atoms with E-state index >= 15 is 0 Å². The Kier molecular flexibility index (Phi) is 9.71. The number of H-pyrrole nitrogens is 1. The third-order valence-corrected chi connectivity index (χ3v) is 5.37.